The fourth-order valence-corrected chi connectivity index (χ4v) is 2.74. The van der Waals surface area contributed by atoms with Crippen molar-refractivity contribution < 1.29 is 4.39 Å². The van der Waals surface area contributed by atoms with Crippen LogP contribution in [0.4, 0.5) is 4.39 Å². The Hall–Kier alpha value is -0.890. The molecule has 2 saturated carbocycles. The summed E-state index contributed by atoms with van der Waals surface area (Å²) >= 11 is 0. The topological polar surface area (TPSA) is 12.0 Å². The molecule has 1 N–H and O–H groups in total. The molecule has 2 aliphatic carbocycles. The normalized spacial score (nSPS) is 29.1. The van der Waals surface area contributed by atoms with E-state index >= 15 is 0 Å². The van der Waals surface area contributed by atoms with Crippen molar-refractivity contribution in [2.75, 3.05) is 0 Å². The molecule has 0 spiro atoms. The molecular formula is C15H20FN. The second-order valence-corrected chi connectivity index (χ2v) is 5.54. The number of hydrogen-bond acceptors (Lipinski definition) is 1. The van der Waals surface area contributed by atoms with E-state index in [-0.39, 0.29) is 5.82 Å². The van der Waals surface area contributed by atoms with Crippen molar-refractivity contribution in [2.24, 2.45) is 11.8 Å². The molecule has 17 heavy (non-hydrogen) atoms. The molecule has 0 aliphatic heterocycles. The van der Waals surface area contributed by atoms with Crippen molar-refractivity contribution in [2.45, 2.75) is 44.7 Å². The van der Waals surface area contributed by atoms with Gasteiger partial charge in [0.15, 0.2) is 0 Å². The Bertz CT molecular complexity index is 382. The van der Waals surface area contributed by atoms with Gasteiger partial charge in [-0.2, -0.15) is 0 Å². The second kappa shape index (κ2) is 4.41. The first-order chi connectivity index (χ1) is 8.28. The highest BCUT2D eigenvalue weighted by molar-refractivity contribution is 5.22. The smallest absolute Gasteiger partial charge is 0.123 e. The minimum absolute atomic E-state index is 0.138. The molecule has 0 amide bonds. The molecule has 0 bridgehead atoms. The molecule has 2 heteroatoms. The Morgan fingerprint density at radius 2 is 2.00 bits per heavy atom. The summed E-state index contributed by atoms with van der Waals surface area (Å²) in [4.78, 5) is 0. The SMILES string of the molecule is CCC1CC1NC(c1ccc(F)cc1)C1CC1. The van der Waals surface area contributed by atoms with E-state index in [0.29, 0.717) is 12.1 Å². The van der Waals surface area contributed by atoms with E-state index in [2.05, 4.69) is 12.2 Å². The van der Waals surface area contributed by atoms with Gasteiger partial charge in [-0.25, -0.2) is 4.39 Å². The lowest BCUT2D eigenvalue weighted by atomic mass is 10.0. The van der Waals surface area contributed by atoms with Gasteiger partial charge in [-0.1, -0.05) is 25.5 Å². The van der Waals surface area contributed by atoms with Crippen LogP contribution in [0.3, 0.4) is 0 Å². The van der Waals surface area contributed by atoms with E-state index in [1.807, 2.05) is 12.1 Å². The second-order valence-electron chi connectivity index (χ2n) is 5.54. The van der Waals surface area contributed by atoms with Gasteiger partial charge in [0.25, 0.3) is 0 Å². The van der Waals surface area contributed by atoms with Gasteiger partial charge in [-0.05, 0) is 48.8 Å². The van der Waals surface area contributed by atoms with Gasteiger partial charge in [0.2, 0.25) is 0 Å². The van der Waals surface area contributed by atoms with Crippen LogP contribution in [-0.2, 0) is 0 Å². The third-order valence-electron chi connectivity index (χ3n) is 4.16. The van der Waals surface area contributed by atoms with E-state index in [9.17, 15) is 4.39 Å². The third kappa shape index (κ3) is 2.52. The summed E-state index contributed by atoms with van der Waals surface area (Å²) < 4.78 is 12.9. The molecule has 2 fully saturated rings. The van der Waals surface area contributed by atoms with Crippen molar-refractivity contribution in [1.82, 2.24) is 5.32 Å². The number of hydrogen-bond donors (Lipinski definition) is 1. The molecular weight excluding hydrogens is 213 g/mol. The summed E-state index contributed by atoms with van der Waals surface area (Å²) in [7, 11) is 0. The average Bonchev–Trinajstić information content (AvgIpc) is 3.22. The van der Waals surface area contributed by atoms with E-state index in [0.717, 1.165) is 11.8 Å². The summed E-state index contributed by atoms with van der Waals surface area (Å²) in [5.74, 6) is 1.51. The van der Waals surface area contributed by atoms with Crippen molar-refractivity contribution >= 4 is 0 Å². The van der Waals surface area contributed by atoms with Crippen molar-refractivity contribution in [1.29, 1.82) is 0 Å². The lowest BCUT2D eigenvalue weighted by Gasteiger charge is -2.19. The Balaban J connectivity index is 1.69. The molecule has 0 heterocycles. The first kappa shape index (κ1) is 11.2. The predicted molar refractivity (Wildman–Crippen MR) is 67.2 cm³/mol. The zero-order valence-electron chi connectivity index (χ0n) is 10.3. The third-order valence-corrected chi connectivity index (χ3v) is 4.16. The van der Waals surface area contributed by atoms with E-state index in [1.165, 1.54) is 31.2 Å². The van der Waals surface area contributed by atoms with Gasteiger partial charge >= 0.3 is 0 Å². The fourth-order valence-electron chi connectivity index (χ4n) is 2.74. The van der Waals surface area contributed by atoms with Crippen LogP contribution >= 0.6 is 0 Å². The Morgan fingerprint density at radius 3 is 2.53 bits per heavy atom. The van der Waals surface area contributed by atoms with E-state index in [1.54, 1.807) is 12.1 Å². The number of benzene rings is 1. The largest absolute Gasteiger partial charge is 0.307 e. The first-order valence-corrected chi connectivity index (χ1v) is 6.79. The molecule has 3 atom stereocenters. The Kier molecular flexibility index (Phi) is 2.91. The molecule has 1 nitrogen and oxygen atoms in total. The van der Waals surface area contributed by atoms with Gasteiger partial charge in [0, 0.05) is 12.1 Å². The molecule has 1 aromatic rings. The standard InChI is InChI=1S/C15H20FN/c1-2-10-9-14(10)17-15(11-3-4-11)12-5-7-13(16)8-6-12/h5-8,10-11,14-15,17H,2-4,9H2,1H3. The number of halogens is 1. The summed E-state index contributed by atoms with van der Waals surface area (Å²) in [6, 6.07) is 8.20. The van der Waals surface area contributed by atoms with Crippen LogP contribution in [-0.4, -0.2) is 6.04 Å². The minimum Gasteiger partial charge on any atom is -0.307 e. The van der Waals surface area contributed by atoms with Crippen molar-refractivity contribution in [3.8, 4) is 0 Å². The van der Waals surface area contributed by atoms with Crippen LogP contribution in [0.5, 0.6) is 0 Å². The monoisotopic (exact) mass is 233 g/mol. The lowest BCUT2D eigenvalue weighted by molar-refractivity contribution is 0.460. The van der Waals surface area contributed by atoms with Gasteiger partial charge in [0.05, 0.1) is 0 Å². The highest BCUT2D eigenvalue weighted by atomic mass is 19.1. The maximum absolute atomic E-state index is 12.9. The van der Waals surface area contributed by atoms with Gasteiger partial charge in [0.1, 0.15) is 5.82 Å². The van der Waals surface area contributed by atoms with Gasteiger partial charge in [-0.3, -0.25) is 0 Å². The van der Waals surface area contributed by atoms with Crippen LogP contribution in [0.25, 0.3) is 0 Å². The van der Waals surface area contributed by atoms with Crippen LogP contribution in [0.1, 0.15) is 44.2 Å². The van der Waals surface area contributed by atoms with Gasteiger partial charge in [-0.15, -0.1) is 0 Å². The highest BCUT2D eigenvalue weighted by Gasteiger charge is 2.40. The molecule has 0 aromatic heterocycles. The van der Waals surface area contributed by atoms with Gasteiger partial charge < -0.3 is 5.32 Å². The number of nitrogens with one attached hydrogen (secondary N) is 1. The summed E-state index contributed by atoms with van der Waals surface area (Å²) in [5.41, 5.74) is 1.26. The average molecular weight is 233 g/mol. The Morgan fingerprint density at radius 1 is 1.29 bits per heavy atom. The highest BCUT2D eigenvalue weighted by Crippen LogP contribution is 2.44. The molecule has 1 aromatic carbocycles. The predicted octanol–water partition coefficient (Wildman–Crippen LogP) is 3.66. The quantitative estimate of drug-likeness (QED) is 0.818. The molecule has 92 valence electrons. The van der Waals surface area contributed by atoms with E-state index < -0.39 is 0 Å². The van der Waals surface area contributed by atoms with Crippen molar-refractivity contribution in [3.63, 3.8) is 0 Å². The summed E-state index contributed by atoms with van der Waals surface area (Å²) in [6.07, 6.45) is 5.23. The van der Waals surface area contributed by atoms with E-state index in [4.69, 9.17) is 0 Å². The van der Waals surface area contributed by atoms with Crippen LogP contribution < -0.4 is 5.32 Å². The minimum atomic E-state index is -0.138. The Labute approximate surface area is 102 Å². The molecule has 0 radical (unpaired) electrons. The number of rotatable bonds is 5. The zero-order chi connectivity index (χ0) is 11.8. The molecule has 2 aliphatic rings. The molecule has 3 unspecified atom stereocenters. The summed E-state index contributed by atoms with van der Waals surface area (Å²) in [6.45, 7) is 2.26. The summed E-state index contributed by atoms with van der Waals surface area (Å²) in [5, 5.41) is 3.77. The molecule has 0 saturated heterocycles. The lowest BCUT2D eigenvalue weighted by Crippen LogP contribution is -2.26. The first-order valence-electron chi connectivity index (χ1n) is 6.79. The van der Waals surface area contributed by atoms with Crippen LogP contribution in [0.15, 0.2) is 24.3 Å². The van der Waals surface area contributed by atoms with Crippen molar-refractivity contribution in [3.05, 3.63) is 35.6 Å². The molecule has 3 rings (SSSR count). The van der Waals surface area contributed by atoms with Crippen LogP contribution in [0, 0.1) is 17.7 Å². The maximum atomic E-state index is 12.9. The maximum Gasteiger partial charge on any atom is 0.123 e. The fraction of sp³-hybridized carbons (Fsp3) is 0.600. The zero-order valence-corrected chi connectivity index (χ0v) is 10.3. The van der Waals surface area contributed by atoms with Crippen LogP contribution in [0.2, 0.25) is 0 Å².